The largest absolute Gasteiger partial charge is 0.399 e. The molecule has 0 aliphatic rings. The monoisotopic (exact) mass is 640 g/mol. The van der Waals surface area contributed by atoms with Crippen LogP contribution in [0.1, 0.15) is 64.9 Å². The number of hydrogen-bond acceptors (Lipinski definition) is 8. The van der Waals surface area contributed by atoms with Gasteiger partial charge in [0.1, 0.15) is 12.2 Å². The molecule has 0 fully saturated rings. The highest BCUT2D eigenvalue weighted by Gasteiger charge is 2.41. The van der Waals surface area contributed by atoms with E-state index in [1.165, 1.54) is 0 Å². The molecule has 0 unspecified atom stereocenters. The van der Waals surface area contributed by atoms with Crippen molar-refractivity contribution < 1.29 is 27.8 Å². The smallest absolute Gasteiger partial charge is 0.222 e. The van der Waals surface area contributed by atoms with Crippen molar-refractivity contribution in [3.05, 3.63) is 47.8 Å². The molecule has 0 N–H and O–H groups in total. The quantitative estimate of drug-likeness (QED) is 0.142. The van der Waals surface area contributed by atoms with Crippen LogP contribution in [-0.2, 0) is 27.8 Å². The molecular formula is C34H52N2O6Si2. The maximum absolute atomic E-state index is 6.92. The summed E-state index contributed by atoms with van der Waals surface area (Å²) in [6, 6.07) is 7.76. The van der Waals surface area contributed by atoms with E-state index in [0.717, 1.165) is 11.1 Å². The van der Waals surface area contributed by atoms with Gasteiger partial charge in [0, 0.05) is 52.0 Å². The third-order valence-electron chi connectivity index (χ3n) is 8.43. The van der Waals surface area contributed by atoms with Crippen molar-refractivity contribution in [3.8, 4) is 35.1 Å². The molecule has 2 rings (SSSR count). The fourth-order valence-electron chi connectivity index (χ4n) is 3.65. The second-order valence-corrected chi connectivity index (χ2v) is 23.1. The number of nitrogens with zero attached hydrogens (tertiary/aromatic N) is 2. The molecule has 0 aromatic carbocycles. The van der Waals surface area contributed by atoms with Gasteiger partial charge < -0.3 is 27.8 Å². The molecule has 2 atom stereocenters. The number of aromatic nitrogens is 2. The lowest BCUT2D eigenvalue weighted by atomic mass is 9.99. The van der Waals surface area contributed by atoms with Crippen LogP contribution in [0.25, 0.3) is 11.4 Å². The first kappa shape index (κ1) is 37.8. The van der Waals surface area contributed by atoms with Gasteiger partial charge in [-0.3, -0.25) is 9.97 Å². The highest BCUT2D eigenvalue weighted by molar-refractivity contribution is 6.74. The molecule has 10 heteroatoms. The fraction of sp³-hybridized carbons (Fsp3) is 0.588. The van der Waals surface area contributed by atoms with Crippen molar-refractivity contribution in [1.29, 1.82) is 0 Å². The maximum atomic E-state index is 6.92. The van der Waals surface area contributed by atoms with E-state index in [0.29, 0.717) is 11.4 Å². The van der Waals surface area contributed by atoms with Crippen LogP contribution in [0.15, 0.2) is 36.7 Å². The summed E-state index contributed by atoms with van der Waals surface area (Å²) in [5.41, 5.74) is 2.88. The Bertz CT molecular complexity index is 1230. The highest BCUT2D eigenvalue weighted by Crippen LogP contribution is 2.43. The van der Waals surface area contributed by atoms with Gasteiger partial charge >= 0.3 is 0 Å². The summed E-state index contributed by atoms with van der Waals surface area (Å²) < 4.78 is 35.3. The van der Waals surface area contributed by atoms with Gasteiger partial charge in [0.15, 0.2) is 16.6 Å². The first-order valence-electron chi connectivity index (χ1n) is 14.8. The van der Waals surface area contributed by atoms with E-state index in [2.05, 4.69) is 91.4 Å². The van der Waals surface area contributed by atoms with Gasteiger partial charge in [-0.25, -0.2) is 0 Å². The Labute approximate surface area is 267 Å². The molecule has 0 bridgehead atoms. The van der Waals surface area contributed by atoms with E-state index in [1.807, 2.05) is 24.3 Å². The number of ether oxygens (including phenoxy) is 4. The number of methoxy groups -OCH3 is 4. The summed E-state index contributed by atoms with van der Waals surface area (Å²) in [6.45, 7) is 22.0. The Morgan fingerprint density at radius 2 is 0.886 bits per heavy atom. The minimum Gasteiger partial charge on any atom is -0.399 e. The van der Waals surface area contributed by atoms with Crippen LogP contribution in [0.5, 0.6) is 0 Å². The Balaban J connectivity index is 2.84. The summed E-state index contributed by atoms with van der Waals surface area (Å²) in [5.74, 6) is 12.8. The first-order chi connectivity index (χ1) is 20.4. The molecule has 0 spiro atoms. The van der Waals surface area contributed by atoms with E-state index >= 15 is 0 Å². The number of pyridine rings is 2. The number of rotatable bonds is 11. The van der Waals surface area contributed by atoms with Crippen molar-refractivity contribution in [2.24, 2.45) is 0 Å². The van der Waals surface area contributed by atoms with E-state index in [9.17, 15) is 0 Å². The third-order valence-corrected chi connectivity index (χ3v) is 17.3. The van der Waals surface area contributed by atoms with E-state index < -0.39 is 41.4 Å². The molecule has 0 aliphatic heterocycles. The molecular weight excluding hydrogens is 589 g/mol. The zero-order valence-electron chi connectivity index (χ0n) is 29.1. The van der Waals surface area contributed by atoms with Crippen molar-refractivity contribution in [3.63, 3.8) is 0 Å². The predicted molar refractivity (Wildman–Crippen MR) is 181 cm³/mol. The summed E-state index contributed by atoms with van der Waals surface area (Å²) in [5, 5.41) is -0.103. The number of hydrogen-bond donors (Lipinski definition) is 0. The SMILES string of the molecule is COC(C#C[C@@H](O[Si](C)(C)C(C)(C)C)c1cccnc1-c1ncccc1[C@@H](C#CC(OC)OC)O[Si](C)(C)C(C)(C)C)OC. The van der Waals surface area contributed by atoms with Crippen LogP contribution >= 0.6 is 0 Å². The molecule has 2 aromatic rings. The van der Waals surface area contributed by atoms with Crippen LogP contribution in [-0.4, -0.2) is 67.6 Å². The Hall–Kier alpha value is -2.39. The van der Waals surface area contributed by atoms with Crippen LogP contribution in [0.2, 0.25) is 36.3 Å². The normalized spacial score (nSPS) is 14.1. The molecule has 0 saturated carbocycles. The topological polar surface area (TPSA) is 81.2 Å². The van der Waals surface area contributed by atoms with Gasteiger partial charge in [0.2, 0.25) is 12.6 Å². The molecule has 0 saturated heterocycles. The average molecular weight is 641 g/mol. The van der Waals surface area contributed by atoms with E-state index in [-0.39, 0.29) is 10.1 Å². The van der Waals surface area contributed by atoms with E-state index in [1.54, 1.807) is 40.8 Å². The second kappa shape index (κ2) is 15.7. The zero-order chi connectivity index (χ0) is 33.3. The molecule has 0 aliphatic carbocycles. The van der Waals surface area contributed by atoms with Crippen LogP contribution in [0.3, 0.4) is 0 Å². The van der Waals surface area contributed by atoms with Gasteiger partial charge in [-0.05, 0) is 60.2 Å². The lowest BCUT2D eigenvalue weighted by Crippen LogP contribution is -2.42. The zero-order valence-corrected chi connectivity index (χ0v) is 31.1. The van der Waals surface area contributed by atoms with Crippen LogP contribution in [0.4, 0.5) is 0 Å². The van der Waals surface area contributed by atoms with E-state index in [4.69, 9.17) is 37.8 Å². The van der Waals surface area contributed by atoms with Crippen LogP contribution < -0.4 is 0 Å². The Morgan fingerprint density at radius 1 is 0.568 bits per heavy atom. The predicted octanol–water partition coefficient (Wildman–Crippen LogP) is 7.51. The molecule has 0 radical (unpaired) electrons. The minimum absolute atomic E-state index is 0.0513. The van der Waals surface area contributed by atoms with Gasteiger partial charge in [-0.1, -0.05) is 65.5 Å². The van der Waals surface area contributed by atoms with Gasteiger partial charge in [-0.15, -0.1) is 0 Å². The summed E-state index contributed by atoms with van der Waals surface area (Å²) >= 11 is 0. The lowest BCUT2D eigenvalue weighted by Gasteiger charge is -2.39. The summed E-state index contributed by atoms with van der Waals surface area (Å²) in [4.78, 5) is 9.69. The lowest BCUT2D eigenvalue weighted by molar-refractivity contribution is -0.0599. The Morgan fingerprint density at radius 3 is 1.16 bits per heavy atom. The van der Waals surface area contributed by atoms with Gasteiger partial charge in [0.05, 0.1) is 11.4 Å². The maximum Gasteiger partial charge on any atom is 0.222 e. The standard InChI is InChI=1S/C34H52N2O6Si2/c1-33(2,3)43(11,12)41-27(19-21-29(37-7)38-8)25-17-15-23-35-31(25)32-26(18-16-24-36-32)28(20-22-30(39-9)40-10)42-44(13,14)34(4,5)6/h15-18,23-24,27-30H,1-14H3/t27-,28-/m1/s1. The minimum atomic E-state index is -2.29. The molecule has 2 aromatic heterocycles. The van der Waals surface area contributed by atoms with Gasteiger partial charge in [-0.2, -0.15) is 0 Å². The average Bonchev–Trinajstić information content (AvgIpc) is 2.95. The molecule has 0 amide bonds. The summed E-state index contributed by atoms with van der Waals surface area (Å²) in [7, 11) is 1.65. The van der Waals surface area contributed by atoms with Gasteiger partial charge in [0.25, 0.3) is 0 Å². The molecule has 8 nitrogen and oxygen atoms in total. The third kappa shape index (κ3) is 9.81. The first-order valence-corrected chi connectivity index (χ1v) is 20.6. The highest BCUT2D eigenvalue weighted by atomic mass is 28.4. The van der Waals surface area contributed by atoms with Crippen molar-refractivity contribution in [1.82, 2.24) is 9.97 Å². The molecule has 2 heterocycles. The Kier molecular flexibility index (Phi) is 13.5. The van der Waals surface area contributed by atoms with Crippen molar-refractivity contribution >= 4 is 16.6 Å². The van der Waals surface area contributed by atoms with Crippen molar-refractivity contribution in [2.45, 2.75) is 103 Å². The molecule has 44 heavy (non-hydrogen) atoms. The van der Waals surface area contributed by atoms with Crippen molar-refractivity contribution in [2.75, 3.05) is 28.4 Å². The molecule has 242 valence electrons. The fourth-order valence-corrected chi connectivity index (χ4v) is 5.91. The summed E-state index contributed by atoms with van der Waals surface area (Å²) in [6.07, 6.45) is 0.889. The van der Waals surface area contributed by atoms with Crippen LogP contribution in [0, 0.1) is 23.7 Å². The second-order valence-electron chi connectivity index (χ2n) is 13.6.